The fraction of sp³-hybridized carbons (Fsp3) is 0.100. The maximum atomic E-state index is 12.3. The molecule has 1 amide bonds. The normalized spacial score (nSPS) is 16.3. The van der Waals surface area contributed by atoms with Gasteiger partial charge in [-0.1, -0.05) is 30.3 Å². The highest BCUT2D eigenvalue weighted by molar-refractivity contribution is 9.10. The summed E-state index contributed by atoms with van der Waals surface area (Å²) in [5.41, 5.74) is 1.41. The third kappa shape index (κ3) is 4.98. The third-order valence-corrected chi connectivity index (χ3v) is 5.39. The van der Waals surface area contributed by atoms with E-state index in [4.69, 9.17) is 21.1 Å². The second kappa shape index (κ2) is 9.32. The Morgan fingerprint density at radius 1 is 1.29 bits per heavy atom. The van der Waals surface area contributed by atoms with E-state index in [0.717, 1.165) is 10.0 Å². The summed E-state index contributed by atoms with van der Waals surface area (Å²) in [7, 11) is 1.55. The van der Waals surface area contributed by atoms with Crippen LogP contribution in [0.3, 0.4) is 0 Å². The Kier molecular flexibility index (Phi) is 6.83. The average molecular weight is 480 g/mol. The molecule has 0 unspecified atom stereocenters. The molecular formula is C20H16BrClN2O3S. The van der Waals surface area contributed by atoms with Crippen molar-refractivity contribution in [3.63, 3.8) is 0 Å². The highest BCUT2D eigenvalue weighted by Crippen LogP contribution is 2.34. The molecule has 1 aliphatic heterocycles. The van der Waals surface area contributed by atoms with Gasteiger partial charge in [0, 0.05) is 5.02 Å². The topological polar surface area (TPSA) is 59.9 Å². The summed E-state index contributed by atoms with van der Waals surface area (Å²) in [6, 6.07) is 10.7. The Balaban J connectivity index is 1.82. The van der Waals surface area contributed by atoms with Crippen LogP contribution < -0.4 is 14.8 Å². The van der Waals surface area contributed by atoms with Gasteiger partial charge in [0.15, 0.2) is 5.17 Å². The monoisotopic (exact) mass is 478 g/mol. The van der Waals surface area contributed by atoms with Gasteiger partial charge in [-0.05, 0) is 69.7 Å². The molecule has 2 aromatic carbocycles. The highest BCUT2D eigenvalue weighted by atomic mass is 79.9. The van der Waals surface area contributed by atoms with Gasteiger partial charge in [-0.25, -0.2) is 4.99 Å². The van der Waals surface area contributed by atoms with Crippen molar-refractivity contribution in [2.45, 2.75) is 0 Å². The highest BCUT2D eigenvalue weighted by Gasteiger charge is 2.24. The zero-order valence-electron chi connectivity index (χ0n) is 14.9. The number of nitrogens with zero attached hydrogens (tertiary/aromatic N) is 1. The first-order valence-electron chi connectivity index (χ1n) is 8.16. The zero-order chi connectivity index (χ0) is 20.1. The number of amidine groups is 1. The second-order valence-corrected chi connectivity index (χ2v) is 7.91. The Morgan fingerprint density at radius 2 is 2.07 bits per heavy atom. The van der Waals surface area contributed by atoms with Crippen molar-refractivity contribution in [3.8, 4) is 11.5 Å². The number of ether oxygens (including phenoxy) is 2. The quantitative estimate of drug-likeness (QED) is 0.435. The number of hydrogen-bond donors (Lipinski definition) is 1. The van der Waals surface area contributed by atoms with Crippen molar-refractivity contribution in [2.24, 2.45) is 4.99 Å². The molecule has 3 rings (SSSR count). The summed E-state index contributed by atoms with van der Waals surface area (Å²) in [5.74, 6) is 1.07. The van der Waals surface area contributed by atoms with Gasteiger partial charge in [-0.2, -0.15) is 0 Å². The number of thioether (sulfide) groups is 1. The van der Waals surface area contributed by atoms with Crippen molar-refractivity contribution in [2.75, 3.05) is 13.7 Å². The van der Waals surface area contributed by atoms with Gasteiger partial charge >= 0.3 is 0 Å². The second-order valence-electron chi connectivity index (χ2n) is 5.59. The molecule has 0 aliphatic carbocycles. The van der Waals surface area contributed by atoms with E-state index in [0.29, 0.717) is 38.9 Å². The number of methoxy groups -OCH3 is 1. The molecule has 8 heteroatoms. The number of amides is 1. The summed E-state index contributed by atoms with van der Waals surface area (Å²) in [6.07, 6.45) is 3.47. The molecule has 28 heavy (non-hydrogen) atoms. The van der Waals surface area contributed by atoms with Gasteiger partial charge < -0.3 is 14.8 Å². The van der Waals surface area contributed by atoms with E-state index in [2.05, 4.69) is 32.8 Å². The maximum Gasteiger partial charge on any atom is 0.264 e. The lowest BCUT2D eigenvalue weighted by Crippen LogP contribution is -2.19. The number of halogens is 2. The Labute approximate surface area is 180 Å². The molecule has 1 heterocycles. The number of nitrogens with one attached hydrogen (secondary N) is 1. The Morgan fingerprint density at radius 3 is 2.79 bits per heavy atom. The van der Waals surface area contributed by atoms with Crippen LogP contribution in [0.1, 0.15) is 5.56 Å². The first-order chi connectivity index (χ1) is 13.5. The first kappa shape index (κ1) is 20.5. The van der Waals surface area contributed by atoms with E-state index in [9.17, 15) is 4.79 Å². The summed E-state index contributed by atoms with van der Waals surface area (Å²) in [6.45, 7) is 4.05. The molecule has 0 radical (unpaired) electrons. The van der Waals surface area contributed by atoms with Crippen LogP contribution >= 0.6 is 39.3 Å². The van der Waals surface area contributed by atoms with Gasteiger partial charge in [0.1, 0.15) is 23.8 Å². The lowest BCUT2D eigenvalue weighted by atomic mass is 10.2. The van der Waals surface area contributed by atoms with Crippen LogP contribution in [-0.2, 0) is 4.79 Å². The van der Waals surface area contributed by atoms with E-state index >= 15 is 0 Å². The van der Waals surface area contributed by atoms with Gasteiger partial charge in [0.05, 0.1) is 16.5 Å². The first-order valence-corrected chi connectivity index (χ1v) is 10.2. The minimum atomic E-state index is -0.215. The summed E-state index contributed by atoms with van der Waals surface area (Å²) >= 11 is 10.8. The number of carbonyl (C=O) groups excluding carboxylic acids is 1. The van der Waals surface area contributed by atoms with Crippen LogP contribution in [0, 0.1) is 0 Å². The standard InChI is InChI=1S/C20H16BrClN2O3S/c1-3-8-27-16-6-4-12(9-14(16)21)10-18-19(25)24-20(28-18)23-15-11-13(22)5-7-17(15)26-2/h3-7,9-11H,1,8H2,2H3,(H,23,24,25)/b18-10-. The minimum Gasteiger partial charge on any atom is -0.494 e. The van der Waals surface area contributed by atoms with Crippen LogP contribution in [-0.4, -0.2) is 24.8 Å². The van der Waals surface area contributed by atoms with Crippen molar-refractivity contribution in [1.29, 1.82) is 0 Å². The fourth-order valence-electron chi connectivity index (χ4n) is 2.36. The van der Waals surface area contributed by atoms with Gasteiger partial charge in [0.25, 0.3) is 5.91 Å². The molecule has 1 saturated heterocycles. The SMILES string of the molecule is C=CCOc1ccc(/C=C2\SC(=Nc3cc(Cl)ccc3OC)NC2=O)cc1Br. The van der Waals surface area contributed by atoms with Crippen molar-refractivity contribution in [3.05, 3.63) is 69.0 Å². The van der Waals surface area contributed by atoms with Crippen LogP contribution in [0.5, 0.6) is 11.5 Å². The molecule has 144 valence electrons. The maximum absolute atomic E-state index is 12.3. The summed E-state index contributed by atoms with van der Waals surface area (Å²) in [4.78, 5) is 17.3. The van der Waals surface area contributed by atoms with Gasteiger partial charge in [-0.15, -0.1) is 0 Å². The van der Waals surface area contributed by atoms with Crippen molar-refractivity contribution < 1.29 is 14.3 Å². The molecule has 0 saturated carbocycles. The molecule has 0 atom stereocenters. The van der Waals surface area contributed by atoms with Crippen LogP contribution in [0.15, 0.2) is 63.4 Å². The molecule has 5 nitrogen and oxygen atoms in total. The summed E-state index contributed by atoms with van der Waals surface area (Å²) < 4.78 is 11.6. The largest absolute Gasteiger partial charge is 0.494 e. The zero-order valence-corrected chi connectivity index (χ0v) is 18.0. The number of hydrogen-bond acceptors (Lipinski definition) is 5. The van der Waals surface area contributed by atoms with Crippen LogP contribution in [0.2, 0.25) is 5.02 Å². The molecule has 0 spiro atoms. The predicted molar refractivity (Wildman–Crippen MR) is 119 cm³/mol. The number of aliphatic imine (C=N–C) groups is 1. The van der Waals surface area contributed by atoms with E-state index in [1.165, 1.54) is 11.8 Å². The smallest absolute Gasteiger partial charge is 0.264 e. The fourth-order valence-corrected chi connectivity index (χ4v) is 3.88. The Hall–Kier alpha value is -2.22. The minimum absolute atomic E-state index is 0.215. The number of benzene rings is 2. The average Bonchev–Trinajstić information content (AvgIpc) is 3.00. The molecule has 1 N–H and O–H groups in total. The van der Waals surface area contributed by atoms with E-state index in [1.54, 1.807) is 37.5 Å². The van der Waals surface area contributed by atoms with E-state index in [-0.39, 0.29) is 5.91 Å². The molecule has 1 aliphatic rings. The van der Waals surface area contributed by atoms with Crippen molar-refractivity contribution >= 4 is 62.1 Å². The lowest BCUT2D eigenvalue weighted by Gasteiger charge is -2.06. The molecule has 2 aromatic rings. The lowest BCUT2D eigenvalue weighted by molar-refractivity contribution is -0.115. The van der Waals surface area contributed by atoms with Gasteiger partial charge in [-0.3, -0.25) is 4.79 Å². The number of rotatable bonds is 6. The molecule has 0 aromatic heterocycles. The molecule has 1 fully saturated rings. The van der Waals surface area contributed by atoms with Crippen LogP contribution in [0.4, 0.5) is 5.69 Å². The predicted octanol–water partition coefficient (Wildman–Crippen LogP) is 5.57. The Bertz CT molecular complexity index is 991. The summed E-state index contributed by atoms with van der Waals surface area (Å²) in [5, 5.41) is 3.75. The number of carbonyl (C=O) groups is 1. The molecular weight excluding hydrogens is 464 g/mol. The van der Waals surface area contributed by atoms with E-state index in [1.807, 2.05) is 18.2 Å². The van der Waals surface area contributed by atoms with Crippen LogP contribution in [0.25, 0.3) is 6.08 Å². The van der Waals surface area contributed by atoms with E-state index < -0.39 is 0 Å². The van der Waals surface area contributed by atoms with Gasteiger partial charge in [0.2, 0.25) is 0 Å². The van der Waals surface area contributed by atoms with Crippen molar-refractivity contribution in [1.82, 2.24) is 5.32 Å². The molecule has 0 bridgehead atoms. The third-order valence-electron chi connectivity index (χ3n) is 3.62.